The van der Waals surface area contributed by atoms with Crippen molar-refractivity contribution < 1.29 is 4.79 Å². The van der Waals surface area contributed by atoms with E-state index in [1.807, 2.05) is 13.1 Å². The predicted molar refractivity (Wildman–Crippen MR) is 112 cm³/mol. The van der Waals surface area contributed by atoms with E-state index in [0.717, 1.165) is 17.7 Å². The van der Waals surface area contributed by atoms with E-state index >= 15 is 0 Å². The van der Waals surface area contributed by atoms with Crippen molar-refractivity contribution in [3.63, 3.8) is 0 Å². The second-order valence-corrected chi connectivity index (χ2v) is 7.55. The Morgan fingerprint density at radius 2 is 2.11 bits per heavy atom. The highest BCUT2D eigenvalue weighted by Gasteiger charge is 2.35. The second-order valence-electron chi connectivity index (χ2n) is 7.19. The van der Waals surface area contributed by atoms with Gasteiger partial charge in [-0.3, -0.25) is 9.78 Å². The molecule has 2 aromatic rings. The van der Waals surface area contributed by atoms with Gasteiger partial charge in [0.05, 0.1) is 12.2 Å². The quantitative estimate of drug-likeness (QED) is 0.721. The van der Waals surface area contributed by atoms with Crippen LogP contribution in [0.4, 0.5) is 11.8 Å². The molecule has 1 unspecified atom stereocenters. The molecule has 2 aromatic heterocycles. The first-order chi connectivity index (χ1) is 13.3. The Morgan fingerprint density at radius 3 is 2.79 bits per heavy atom. The Hall–Kier alpha value is -2.41. The molecule has 0 fully saturated rings. The minimum atomic E-state index is -0.0777. The van der Waals surface area contributed by atoms with E-state index in [0.29, 0.717) is 37.0 Å². The zero-order valence-corrected chi connectivity index (χ0v) is 17.6. The number of carbonyl (C=O) groups is 1. The predicted octanol–water partition coefficient (Wildman–Crippen LogP) is 2.92. The maximum atomic E-state index is 12.2. The van der Waals surface area contributed by atoms with Crippen LogP contribution in [0, 0.1) is 13.8 Å². The van der Waals surface area contributed by atoms with Crippen molar-refractivity contribution in [2.24, 2.45) is 0 Å². The van der Waals surface area contributed by atoms with Crippen LogP contribution in [-0.2, 0) is 17.8 Å². The van der Waals surface area contributed by atoms with Crippen LogP contribution in [-0.4, -0.2) is 33.9 Å². The molecule has 7 nitrogen and oxygen atoms in total. The van der Waals surface area contributed by atoms with Gasteiger partial charge >= 0.3 is 0 Å². The summed E-state index contributed by atoms with van der Waals surface area (Å²) in [5.41, 5.74) is 11.4. The molecule has 0 aromatic carbocycles. The van der Waals surface area contributed by atoms with Gasteiger partial charge in [-0.25, -0.2) is 4.98 Å². The molecule has 3 rings (SSSR count). The average Bonchev–Trinajstić information content (AvgIpc) is 2.95. The molecule has 0 spiro atoms. The summed E-state index contributed by atoms with van der Waals surface area (Å²) in [6.45, 7) is 10.1. The Balaban J connectivity index is 1.94. The Morgan fingerprint density at radius 1 is 1.36 bits per heavy atom. The molecular weight excluding hydrogens is 376 g/mol. The van der Waals surface area contributed by atoms with Gasteiger partial charge in [-0.2, -0.15) is 4.98 Å². The van der Waals surface area contributed by atoms with Gasteiger partial charge in [0.25, 0.3) is 0 Å². The van der Waals surface area contributed by atoms with E-state index in [2.05, 4.69) is 45.9 Å². The number of hydrogen-bond acceptors (Lipinski definition) is 6. The van der Waals surface area contributed by atoms with Crippen molar-refractivity contribution in [1.29, 1.82) is 0 Å². The molecule has 0 saturated carbocycles. The van der Waals surface area contributed by atoms with Crippen LogP contribution in [0.3, 0.4) is 0 Å². The Labute approximate surface area is 170 Å². The average molecular weight is 403 g/mol. The maximum Gasteiger partial charge on any atom is 0.223 e. The van der Waals surface area contributed by atoms with E-state index in [4.69, 9.17) is 17.3 Å². The first kappa shape index (κ1) is 20.3. The Kier molecular flexibility index (Phi) is 6.03. The third-order valence-corrected chi connectivity index (χ3v) is 5.61. The molecule has 150 valence electrons. The molecule has 0 aliphatic carbocycles. The standard InChI is InChI=1S/C20H27ClN6O/c1-5-14-11(3)8-24-15(12(14)4)10-27-9-13(7-16(28)23-6-2)17-18(21)25-20(22)26-19(17)27/h8,13H,5-7,9-10H2,1-4H3,(H,23,28)(H2,22,25,26). The maximum absolute atomic E-state index is 12.2. The van der Waals surface area contributed by atoms with E-state index in [1.165, 1.54) is 16.7 Å². The van der Waals surface area contributed by atoms with Crippen LogP contribution >= 0.6 is 11.6 Å². The highest BCUT2D eigenvalue weighted by molar-refractivity contribution is 6.30. The van der Waals surface area contributed by atoms with Crippen molar-refractivity contribution in [2.75, 3.05) is 23.7 Å². The fourth-order valence-corrected chi connectivity index (χ4v) is 4.31. The lowest BCUT2D eigenvalue weighted by Gasteiger charge is -2.21. The van der Waals surface area contributed by atoms with Crippen molar-refractivity contribution in [3.8, 4) is 0 Å². The van der Waals surface area contributed by atoms with Crippen LogP contribution in [0.1, 0.15) is 54.1 Å². The monoisotopic (exact) mass is 402 g/mol. The van der Waals surface area contributed by atoms with Gasteiger partial charge in [0.2, 0.25) is 11.9 Å². The van der Waals surface area contributed by atoms with E-state index < -0.39 is 0 Å². The van der Waals surface area contributed by atoms with Crippen molar-refractivity contribution in [2.45, 2.75) is 53.0 Å². The van der Waals surface area contributed by atoms with Gasteiger partial charge in [-0.1, -0.05) is 18.5 Å². The third kappa shape index (κ3) is 3.90. The smallest absolute Gasteiger partial charge is 0.223 e. The summed E-state index contributed by atoms with van der Waals surface area (Å²) < 4.78 is 0. The minimum Gasteiger partial charge on any atom is -0.368 e. The van der Waals surface area contributed by atoms with Crippen molar-refractivity contribution in [1.82, 2.24) is 20.3 Å². The number of aromatic nitrogens is 3. The van der Waals surface area contributed by atoms with Crippen molar-refractivity contribution >= 4 is 29.3 Å². The number of aryl methyl sites for hydroxylation is 1. The number of amides is 1. The van der Waals surface area contributed by atoms with Gasteiger partial charge < -0.3 is 16.0 Å². The van der Waals surface area contributed by atoms with Crippen LogP contribution in [0.25, 0.3) is 0 Å². The largest absolute Gasteiger partial charge is 0.368 e. The van der Waals surface area contributed by atoms with E-state index in [1.54, 1.807) is 0 Å². The number of nitrogens with two attached hydrogens (primary N) is 1. The number of carbonyl (C=O) groups excluding carboxylic acids is 1. The fraction of sp³-hybridized carbons (Fsp3) is 0.500. The van der Waals surface area contributed by atoms with Crippen LogP contribution in [0.15, 0.2) is 6.20 Å². The number of nitrogen functional groups attached to an aromatic ring is 1. The van der Waals surface area contributed by atoms with Gasteiger partial charge in [0.1, 0.15) is 11.0 Å². The topological polar surface area (TPSA) is 97.0 Å². The summed E-state index contributed by atoms with van der Waals surface area (Å²) in [7, 11) is 0. The molecule has 3 N–H and O–H groups in total. The molecule has 28 heavy (non-hydrogen) atoms. The zero-order valence-electron chi connectivity index (χ0n) is 16.8. The van der Waals surface area contributed by atoms with Gasteiger partial charge in [-0.15, -0.1) is 0 Å². The number of nitrogens with zero attached hydrogens (tertiary/aromatic N) is 4. The summed E-state index contributed by atoms with van der Waals surface area (Å²) in [4.78, 5) is 27.5. The fourth-order valence-electron chi connectivity index (χ4n) is 3.99. The zero-order chi connectivity index (χ0) is 20.4. The molecule has 0 bridgehead atoms. The number of nitrogens with one attached hydrogen (secondary N) is 1. The number of fused-ring (bicyclic) bond motifs is 1. The molecule has 0 saturated heterocycles. The third-order valence-electron chi connectivity index (χ3n) is 5.32. The van der Waals surface area contributed by atoms with Gasteiger partial charge in [0, 0.05) is 37.2 Å². The summed E-state index contributed by atoms with van der Waals surface area (Å²) in [6, 6.07) is 0. The minimum absolute atomic E-state index is 0.00824. The summed E-state index contributed by atoms with van der Waals surface area (Å²) in [5.74, 6) is 0.749. The van der Waals surface area contributed by atoms with Gasteiger partial charge in [-0.05, 0) is 43.9 Å². The molecule has 1 aliphatic rings. The summed E-state index contributed by atoms with van der Waals surface area (Å²) in [6.07, 6.45) is 3.22. The van der Waals surface area contributed by atoms with Crippen LogP contribution in [0.5, 0.6) is 0 Å². The lowest BCUT2D eigenvalue weighted by Crippen LogP contribution is -2.27. The summed E-state index contributed by atoms with van der Waals surface area (Å²) >= 11 is 6.39. The highest BCUT2D eigenvalue weighted by atomic mass is 35.5. The van der Waals surface area contributed by atoms with Crippen LogP contribution in [0.2, 0.25) is 5.15 Å². The first-order valence-electron chi connectivity index (χ1n) is 9.64. The molecule has 3 heterocycles. The summed E-state index contributed by atoms with van der Waals surface area (Å²) in [5, 5.41) is 3.17. The molecular formula is C20H27ClN6O. The lowest BCUT2D eigenvalue weighted by atomic mass is 10.00. The Bertz CT molecular complexity index is 901. The van der Waals surface area contributed by atoms with Crippen LogP contribution < -0.4 is 16.0 Å². The molecule has 8 heteroatoms. The first-order valence-corrected chi connectivity index (χ1v) is 10.0. The normalized spacial score (nSPS) is 15.6. The second kappa shape index (κ2) is 8.31. The lowest BCUT2D eigenvalue weighted by molar-refractivity contribution is -0.121. The number of pyridine rings is 1. The highest BCUT2D eigenvalue weighted by Crippen LogP contribution is 2.41. The SMILES string of the molecule is CCNC(=O)CC1CN(Cc2ncc(C)c(CC)c2C)c2nc(N)nc(Cl)c21. The van der Waals surface area contributed by atoms with Crippen molar-refractivity contribution in [3.05, 3.63) is 39.3 Å². The molecule has 1 aliphatic heterocycles. The number of rotatable bonds is 6. The molecule has 1 amide bonds. The molecule has 1 atom stereocenters. The molecule has 0 radical (unpaired) electrons. The van der Waals surface area contributed by atoms with E-state index in [-0.39, 0.29) is 17.8 Å². The number of hydrogen-bond donors (Lipinski definition) is 2. The van der Waals surface area contributed by atoms with E-state index in [9.17, 15) is 4.79 Å². The van der Waals surface area contributed by atoms with Gasteiger partial charge in [0.15, 0.2) is 0 Å². The number of anilines is 2. The number of halogens is 1.